The first-order valence-corrected chi connectivity index (χ1v) is 21.3. The summed E-state index contributed by atoms with van der Waals surface area (Å²) in [6.45, 7) is 14.8. The van der Waals surface area contributed by atoms with Gasteiger partial charge in [-0.1, -0.05) is 120 Å². The van der Waals surface area contributed by atoms with E-state index in [4.69, 9.17) is 45.3 Å². The van der Waals surface area contributed by atoms with Gasteiger partial charge in [0, 0.05) is 16.3 Å². The first-order valence-electron chi connectivity index (χ1n) is 18.6. The van der Waals surface area contributed by atoms with Gasteiger partial charge >= 0.3 is 6.03 Å². The van der Waals surface area contributed by atoms with Crippen LogP contribution in [0.3, 0.4) is 0 Å². The van der Waals surface area contributed by atoms with Crippen LogP contribution in [0, 0.1) is 0 Å². The number of nitrogens with two attached hydrogens (primary N) is 1. The van der Waals surface area contributed by atoms with Gasteiger partial charge in [0.05, 0.1) is 20.6 Å². The summed E-state index contributed by atoms with van der Waals surface area (Å²) >= 11 is 19.1. The highest BCUT2D eigenvalue weighted by Crippen LogP contribution is 2.40. The van der Waals surface area contributed by atoms with Crippen LogP contribution in [0.1, 0.15) is 78.9 Å². The van der Waals surface area contributed by atoms with Crippen LogP contribution in [0.5, 0.6) is 5.75 Å². The topological polar surface area (TPSA) is 169 Å². The quantitative estimate of drug-likeness (QED) is 0.0816. The number of halogens is 3. The first-order chi connectivity index (χ1) is 27.2. The number of carbonyl (C=O) groups excluding carboxylic acids is 2. The number of hydrogen-bond donors (Lipinski definition) is 4. The Balaban J connectivity index is 1.54. The van der Waals surface area contributed by atoms with E-state index in [1.54, 1.807) is 18.2 Å². The molecule has 0 saturated carbocycles. The van der Waals surface area contributed by atoms with Crippen LogP contribution in [-0.2, 0) is 25.6 Å². The van der Waals surface area contributed by atoms with Gasteiger partial charge in [0.15, 0.2) is 17.6 Å². The number of benzene rings is 4. The number of hydrogen-bond acceptors (Lipinski definition) is 6. The highest BCUT2D eigenvalue weighted by atomic mass is 35.5. The molecule has 0 saturated heterocycles. The minimum absolute atomic E-state index is 0.0546. The molecule has 0 bridgehead atoms. The molecule has 0 radical (unpaired) electrons. The summed E-state index contributed by atoms with van der Waals surface area (Å²) in [6.07, 6.45) is 1.23. The lowest BCUT2D eigenvalue weighted by Gasteiger charge is -2.31. The van der Waals surface area contributed by atoms with Crippen molar-refractivity contribution in [1.82, 2.24) is 9.78 Å². The predicted octanol–water partition coefficient (Wildman–Crippen LogP) is 10.3. The number of anilines is 4. The lowest BCUT2D eigenvalue weighted by molar-refractivity contribution is -0.122. The number of H-pyrrole nitrogens is 1. The maximum Gasteiger partial charge on any atom is 0.325 e. The van der Waals surface area contributed by atoms with E-state index in [0.717, 1.165) is 28.0 Å². The van der Waals surface area contributed by atoms with Gasteiger partial charge in [0.2, 0.25) is 0 Å². The zero-order chi connectivity index (χ0) is 42.7. The second-order valence-corrected chi connectivity index (χ2v) is 18.0. The van der Waals surface area contributed by atoms with Crippen molar-refractivity contribution in [3.8, 4) is 11.4 Å². The van der Waals surface area contributed by atoms with Crippen LogP contribution in [0.25, 0.3) is 5.69 Å². The fourth-order valence-electron chi connectivity index (χ4n) is 6.14. The van der Waals surface area contributed by atoms with Crippen LogP contribution in [-0.4, -0.2) is 36.2 Å². The Labute approximate surface area is 353 Å². The van der Waals surface area contributed by atoms with Crippen molar-refractivity contribution in [2.24, 2.45) is 5.73 Å². The SMILES string of the molecule is CCC(Oc1ccc(C(C)(C)CC)cc1C(C)(C)CC)C(=O)Nc1cccc(N(C(N)=O)c2[nH]n(-c3c(Cl)cc(Cl)cc3Cl)c(=O)c2NS(=O)(=O)c2ccccc2)c1. The molecule has 4 aromatic carbocycles. The van der Waals surface area contributed by atoms with Crippen molar-refractivity contribution < 1.29 is 22.7 Å². The van der Waals surface area contributed by atoms with Crippen molar-refractivity contribution >= 4 is 79.6 Å². The van der Waals surface area contributed by atoms with E-state index in [2.05, 4.69) is 62.7 Å². The van der Waals surface area contributed by atoms with Crippen LogP contribution in [0.2, 0.25) is 15.1 Å². The summed E-state index contributed by atoms with van der Waals surface area (Å²) in [7, 11) is -4.40. The summed E-state index contributed by atoms with van der Waals surface area (Å²) in [5, 5.41) is 5.70. The number of sulfonamides is 1. The molecule has 0 fully saturated rings. The average Bonchev–Trinajstić information content (AvgIpc) is 3.46. The standard InChI is InChI=1S/C42H47Cl3N6O6S/c1-8-33(57-34-20-19-25(41(4,5)9-2)21-30(34)42(6,7)10-3)38(52)47-27-15-14-16-28(24-27)50(40(46)54)37-35(49-58(55,56)29-17-12-11-13-18-29)39(53)51(48-37)36-31(44)22-26(43)23-32(36)45/h11-24,33,48-49H,8-10H2,1-7H3,(H2,46,54)(H,47,52). The fraction of sp³-hybridized carbons (Fsp3) is 0.310. The van der Waals surface area contributed by atoms with Crippen LogP contribution in [0.4, 0.5) is 27.7 Å². The van der Waals surface area contributed by atoms with E-state index in [0.29, 0.717) is 12.2 Å². The number of primary amides is 1. The predicted molar refractivity (Wildman–Crippen MR) is 233 cm³/mol. The molecule has 16 heteroatoms. The molecule has 0 aliphatic heterocycles. The largest absolute Gasteiger partial charge is 0.480 e. The minimum Gasteiger partial charge on any atom is -0.480 e. The lowest BCUT2D eigenvalue weighted by atomic mass is 9.76. The maximum atomic E-state index is 14.1. The highest BCUT2D eigenvalue weighted by Gasteiger charge is 2.32. The smallest absolute Gasteiger partial charge is 0.325 e. The molecule has 5 rings (SSSR count). The van der Waals surface area contributed by atoms with Gasteiger partial charge in [0.1, 0.15) is 11.4 Å². The van der Waals surface area contributed by atoms with Gasteiger partial charge in [-0.3, -0.25) is 19.4 Å². The van der Waals surface area contributed by atoms with Crippen molar-refractivity contribution in [3.63, 3.8) is 0 Å². The molecule has 1 atom stereocenters. The zero-order valence-corrected chi connectivity index (χ0v) is 36.3. The van der Waals surface area contributed by atoms with E-state index < -0.39 is 39.3 Å². The van der Waals surface area contributed by atoms with E-state index in [1.807, 2.05) is 19.1 Å². The van der Waals surface area contributed by atoms with Gasteiger partial charge in [-0.05, 0) is 84.2 Å². The van der Waals surface area contributed by atoms with Crippen LogP contribution in [0.15, 0.2) is 94.6 Å². The monoisotopic (exact) mass is 868 g/mol. The molecular weight excluding hydrogens is 823 g/mol. The number of amides is 3. The number of nitrogens with one attached hydrogen (secondary N) is 3. The van der Waals surface area contributed by atoms with E-state index >= 15 is 0 Å². The molecule has 1 heterocycles. The van der Waals surface area contributed by atoms with Crippen LogP contribution < -0.4 is 31.0 Å². The molecule has 5 aromatic rings. The molecule has 0 spiro atoms. The van der Waals surface area contributed by atoms with Gasteiger partial charge in [-0.2, -0.15) is 0 Å². The molecular formula is C42H47Cl3N6O6S. The second-order valence-electron chi connectivity index (χ2n) is 15.0. The number of ether oxygens (including phenoxy) is 1. The molecule has 58 heavy (non-hydrogen) atoms. The van der Waals surface area contributed by atoms with E-state index in [-0.39, 0.29) is 53.7 Å². The second kappa shape index (κ2) is 17.5. The Morgan fingerprint density at radius 3 is 2.10 bits per heavy atom. The number of rotatable bonds is 15. The van der Waals surface area contributed by atoms with E-state index in [1.165, 1.54) is 54.1 Å². The molecule has 12 nitrogen and oxygen atoms in total. The molecule has 1 aromatic heterocycles. The number of urea groups is 1. The summed E-state index contributed by atoms with van der Waals surface area (Å²) < 4.78 is 36.8. The number of nitrogens with zero attached hydrogens (tertiary/aromatic N) is 2. The Morgan fingerprint density at radius 2 is 1.52 bits per heavy atom. The molecule has 1 unspecified atom stereocenters. The summed E-state index contributed by atoms with van der Waals surface area (Å²) in [6, 6.07) is 21.1. The Hall–Kier alpha value is -4.95. The molecule has 0 aliphatic carbocycles. The number of carbonyl (C=O) groups is 2. The van der Waals surface area contributed by atoms with Crippen molar-refractivity contribution in [1.29, 1.82) is 0 Å². The van der Waals surface area contributed by atoms with Crippen LogP contribution >= 0.6 is 34.8 Å². The van der Waals surface area contributed by atoms with Gasteiger partial charge in [0.25, 0.3) is 21.5 Å². The fourth-order valence-corrected chi connectivity index (χ4v) is 8.21. The number of aromatic nitrogens is 2. The van der Waals surface area contributed by atoms with Gasteiger partial charge < -0.3 is 15.8 Å². The molecule has 3 amide bonds. The number of aromatic amines is 1. The Kier molecular flexibility index (Phi) is 13.3. The zero-order valence-electron chi connectivity index (χ0n) is 33.2. The highest BCUT2D eigenvalue weighted by molar-refractivity contribution is 7.92. The molecule has 308 valence electrons. The lowest BCUT2D eigenvalue weighted by Crippen LogP contribution is -2.34. The third kappa shape index (κ3) is 9.33. The van der Waals surface area contributed by atoms with E-state index in [9.17, 15) is 22.8 Å². The maximum absolute atomic E-state index is 14.1. The molecule has 5 N–H and O–H groups in total. The average molecular weight is 870 g/mol. The van der Waals surface area contributed by atoms with Crippen molar-refractivity contribution in [2.45, 2.75) is 89.6 Å². The van der Waals surface area contributed by atoms with Crippen molar-refractivity contribution in [3.05, 3.63) is 121 Å². The normalized spacial score (nSPS) is 12.5. The third-order valence-corrected chi connectivity index (χ3v) is 12.5. The Bertz CT molecular complexity index is 2480. The van der Waals surface area contributed by atoms with Crippen molar-refractivity contribution in [2.75, 3.05) is 14.9 Å². The Morgan fingerprint density at radius 1 is 0.879 bits per heavy atom. The molecule has 0 aliphatic rings. The summed E-state index contributed by atoms with van der Waals surface area (Å²) in [4.78, 5) is 42.0. The van der Waals surface area contributed by atoms with Gasteiger partial charge in [-0.15, -0.1) is 0 Å². The third-order valence-electron chi connectivity index (χ3n) is 10.4. The van der Waals surface area contributed by atoms with Gasteiger partial charge in [-0.25, -0.2) is 22.8 Å². The first kappa shape index (κ1) is 44.2. The minimum atomic E-state index is -4.40. The summed E-state index contributed by atoms with van der Waals surface area (Å²) in [5.74, 6) is -0.220. The summed E-state index contributed by atoms with van der Waals surface area (Å²) in [5.41, 5.74) is 6.50.